The van der Waals surface area contributed by atoms with Crippen LogP contribution in [0.1, 0.15) is 23.1 Å². The van der Waals surface area contributed by atoms with E-state index in [0.717, 1.165) is 16.7 Å². The molecule has 5 heteroatoms. The fourth-order valence-corrected chi connectivity index (χ4v) is 2.63. The van der Waals surface area contributed by atoms with Gasteiger partial charge in [-0.25, -0.2) is 0 Å². The Morgan fingerprint density at radius 1 is 0.962 bits per heavy atom. The number of nitrogens with zero attached hydrogens (tertiary/aromatic N) is 2. The molecule has 0 aliphatic heterocycles. The Balaban J connectivity index is 1.41. The summed E-state index contributed by atoms with van der Waals surface area (Å²) in [5.41, 5.74) is 3.33. The van der Waals surface area contributed by atoms with Gasteiger partial charge < -0.3 is 10.1 Å². The molecule has 1 amide bonds. The second-order valence-corrected chi connectivity index (χ2v) is 6.09. The second kappa shape index (κ2) is 9.53. The number of ether oxygens (including phenoxy) is 1. The zero-order valence-electron chi connectivity index (χ0n) is 14.7. The topological polar surface area (TPSA) is 56.2 Å². The van der Waals surface area contributed by atoms with Crippen molar-refractivity contribution in [2.24, 2.45) is 0 Å². The first-order chi connectivity index (χ1) is 12.8. The smallest absolute Gasteiger partial charge is 0.222 e. The van der Waals surface area contributed by atoms with Crippen LogP contribution in [0, 0.1) is 0 Å². The van der Waals surface area contributed by atoms with Gasteiger partial charge in [-0.3, -0.25) is 9.48 Å². The Morgan fingerprint density at radius 3 is 2.54 bits per heavy atom. The van der Waals surface area contributed by atoms with E-state index in [1.165, 1.54) is 0 Å². The van der Waals surface area contributed by atoms with Gasteiger partial charge in [0.1, 0.15) is 0 Å². The SMILES string of the molecule is O=C(CCn1cccn1)NCc1cccc(COCc2ccccc2)c1. The molecular weight excluding hydrogens is 326 g/mol. The third-order valence-corrected chi connectivity index (χ3v) is 3.99. The minimum absolute atomic E-state index is 0.0197. The van der Waals surface area contributed by atoms with Crippen molar-refractivity contribution in [1.82, 2.24) is 15.1 Å². The van der Waals surface area contributed by atoms with Crippen molar-refractivity contribution in [3.05, 3.63) is 89.7 Å². The van der Waals surface area contributed by atoms with Crippen molar-refractivity contribution in [3.63, 3.8) is 0 Å². The fourth-order valence-electron chi connectivity index (χ4n) is 2.63. The third kappa shape index (κ3) is 5.86. The van der Waals surface area contributed by atoms with E-state index in [-0.39, 0.29) is 5.91 Å². The first-order valence-corrected chi connectivity index (χ1v) is 8.73. The molecule has 0 spiro atoms. The average molecular weight is 349 g/mol. The van der Waals surface area contributed by atoms with E-state index < -0.39 is 0 Å². The Hall–Kier alpha value is -2.92. The van der Waals surface area contributed by atoms with Gasteiger partial charge >= 0.3 is 0 Å². The van der Waals surface area contributed by atoms with Gasteiger partial charge in [0, 0.05) is 31.9 Å². The highest BCUT2D eigenvalue weighted by Gasteiger charge is 2.03. The predicted octanol–water partition coefficient (Wildman–Crippen LogP) is 3.31. The van der Waals surface area contributed by atoms with Gasteiger partial charge in [-0.05, 0) is 22.8 Å². The highest BCUT2D eigenvalue weighted by atomic mass is 16.5. The van der Waals surface area contributed by atoms with Crippen LogP contribution < -0.4 is 5.32 Å². The number of rotatable bonds is 9. The number of aromatic nitrogens is 2. The summed E-state index contributed by atoms with van der Waals surface area (Å²) in [6, 6.07) is 20.1. The van der Waals surface area contributed by atoms with Crippen molar-refractivity contribution in [2.75, 3.05) is 0 Å². The van der Waals surface area contributed by atoms with Gasteiger partial charge in [0.15, 0.2) is 0 Å². The first-order valence-electron chi connectivity index (χ1n) is 8.73. The number of nitrogens with one attached hydrogen (secondary N) is 1. The lowest BCUT2D eigenvalue weighted by molar-refractivity contribution is -0.121. The van der Waals surface area contributed by atoms with Crippen LogP contribution in [0.25, 0.3) is 0 Å². The highest BCUT2D eigenvalue weighted by Crippen LogP contribution is 2.09. The zero-order chi connectivity index (χ0) is 18.0. The molecule has 0 aliphatic carbocycles. The lowest BCUT2D eigenvalue weighted by Crippen LogP contribution is -2.24. The van der Waals surface area contributed by atoms with Crippen LogP contribution >= 0.6 is 0 Å². The molecule has 0 atom stereocenters. The Kier molecular flexibility index (Phi) is 6.56. The Morgan fingerprint density at radius 2 is 1.73 bits per heavy atom. The van der Waals surface area contributed by atoms with Crippen LogP contribution in [-0.4, -0.2) is 15.7 Å². The van der Waals surface area contributed by atoms with Crippen molar-refractivity contribution in [1.29, 1.82) is 0 Å². The van der Waals surface area contributed by atoms with Crippen molar-refractivity contribution in [3.8, 4) is 0 Å². The molecule has 0 bridgehead atoms. The van der Waals surface area contributed by atoms with E-state index in [0.29, 0.717) is 32.7 Å². The number of hydrogen-bond donors (Lipinski definition) is 1. The van der Waals surface area contributed by atoms with Crippen LogP contribution in [0.5, 0.6) is 0 Å². The lowest BCUT2D eigenvalue weighted by atomic mass is 10.1. The molecule has 26 heavy (non-hydrogen) atoms. The quantitative estimate of drug-likeness (QED) is 0.645. The average Bonchev–Trinajstić information content (AvgIpc) is 3.20. The van der Waals surface area contributed by atoms with Crippen molar-refractivity contribution in [2.45, 2.75) is 32.7 Å². The summed E-state index contributed by atoms with van der Waals surface area (Å²) in [6.07, 6.45) is 3.98. The molecule has 0 unspecified atom stereocenters. The number of amides is 1. The van der Waals surface area contributed by atoms with Gasteiger partial charge in [-0.2, -0.15) is 5.10 Å². The number of benzene rings is 2. The summed E-state index contributed by atoms with van der Waals surface area (Å²) in [5, 5.41) is 7.04. The number of hydrogen-bond acceptors (Lipinski definition) is 3. The summed E-state index contributed by atoms with van der Waals surface area (Å²) >= 11 is 0. The minimum Gasteiger partial charge on any atom is -0.372 e. The normalized spacial score (nSPS) is 10.6. The fraction of sp³-hybridized carbons (Fsp3) is 0.238. The second-order valence-electron chi connectivity index (χ2n) is 6.09. The number of carbonyl (C=O) groups is 1. The van der Waals surface area contributed by atoms with E-state index in [4.69, 9.17) is 4.74 Å². The molecule has 3 rings (SSSR count). The van der Waals surface area contributed by atoms with Crippen LogP contribution in [-0.2, 0) is 35.8 Å². The molecule has 0 aliphatic rings. The van der Waals surface area contributed by atoms with Crippen LogP contribution in [0.3, 0.4) is 0 Å². The molecule has 0 saturated heterocycles. The maximum atomic E-state index is 11.9. The molecule has 1 aromatic heterocycles. The molecule has 2 aromatic carbocycles. The first kappa shape index (κ1) is 17.9. The predicted molar refractivity (Wildman–Crippen MR) is 100 cm³/mol. The summed E-state index contributed by atoms with van der Waals surface area (Å²) in [5.74, 6) is 0.0197. The van der Waals surface area contributed by atoms with Gasteiger partial charge in [0.25, 0.3) is 0 Å². The Bertz CT molecular complexity index is 801. The largest absolute Gasteiger partial charge is 0.372 e. The van der Waals surface area contributed by atoms with E-state index in [2.05, 4.69) is 28.6 Å². The van der Waals surface area contributed by atoms with Crippen LogP contribution in [0.15, 0.2) is 73.1 Å². The lowest BCUT2D eigenvalue weighted by Gasteiger charge is -2.08. The maximum absolute atomic E-state index is 11.9. The zero-order valence-corrected chi connectivity index (χ0v) is 14.7. The molecule has 5 nitrogen and oxygen atoms in total. The molecular formula is C21H23N3O2. The standard InChI is InChI=1S/C21H23N3O2/c25-21(10-13-24-12-5-11-23-24)22-15-19-8-4-9-20(14-19)17-26-16-18-6-2-1-3-7-18/h1-9,11-12,14H,10,13,15-17H2,(H,22,25). The van der Waals surface area contributed by atoms with Crippen LogP contribution in [0.4, 0.5) is 0 Å². The summed E-state index contributed by atoms with van der Waals surface area (Å²) in [6.45, 7) is 2.25. The Labute approximate surface area is 153 Å². The molecule has 0 saturated carbocycles. The van der Waals surface area contributed by atoms with Gasteiger partial charge in [0.2, 0.25) is 5.91 Å². The molecule has 3 aromatic rings. The van der Waals surface area contributed by atoms with Crippen LogP contribution in [0.2, 0.25) is 0 Å². The van der Waals surface area contributed by atoms with E-state index in [9.17, 15) is 4.79 Å². The molecule has 0 radical (unpaired) electrons. The van der Waals surface area contributed by atoms with E-state index in [1.807, 2.05) is 48.7 Å². The monoisotopic (exact) mass is 349 g/mol. The molecule has 1 heterocycles. The molecule has 134 valence electrons. The summed E-state index contributed by atoms with van der Waals surface area (Å²) in [4.78, 5) is 11.9. The molecule has 1 N–H and O–H groups in total. The third-order valence-electron chi connectivity index (χ3n) is 3.99. The van der Waals surface area contributed by atoms with Crippen molar-refractivity contribution < 1.29 is 9.53 Å². The number of carbonyl (C=O) groups excluding carboxylic acids is 1. The minimum atomic E-state index is 0.0197. The van der Waals surface area contributed by atoms with Gasteiger partial charge in [0.05, 0.1) is 13.2 Å². The van der Waals surface area contributed by atoms with Gasteiger partial charge in [-0.15, -0.1) is 0 Å². The highest BCUT2D eigenvalue weighted by molar-refractivity contribution is 5.75. The van der Waals surface area contributed by atoms with Crippen molar-refractivity contribution >= 4 is 5.91 Å². The summed E-state index contributed by atoms with van der Waals surface area (Å²) in [7, 11) is 0. The molecule has 0 fully saturated rings. The number of aryl methyl sites for hydroxylation is 1. The summed E-state index contributed by atoms with van der Waals surface area (Å²) < 4.78 is 7.52. The maximum Gasteiger partial charge on any atom is 0.222 e. The van der Waals surface area contributed by atoms with E-state index >= 15 is 0 Å². The van der Waals surface area contributed by atoms with Gasteiger partial charge in [-0.1, -0.05) is 54.6 Å². The van der Waals surface area contributed by atoms with E-state index in [1.54, 1.807) is 10.9 Å².